The Labute approximate surface area is 154 Å². The van der Waals surface area contributed by atoms with Crippen LogP contribution in [0.15, 0.2) is 12.7 Å². The first-order chi connectivity index (χ1) is 13.1. The molecule has 2 aliphatic heterocycles. The summed E-state index contributed by atoms with van der Waals surface area (Å²) in [4.78, 5) is 13.1. The molecule has 4 aliphatic rings. The Bertz CT molecular complexity index is 907. The van der Waals surface area contributed by atoms with E-state index >= 15 is 0 Å². The topological polar surface area (TPSA) is 138 Å². The predicted octanol–water partition coefficient (Wildman–Crippen LogP) is -0.625. The zero-order valence-electron chi connectivity index (χ0n) is 14.5. The lowest BCUT2D eigenvalue weighted by atomic mass is 9.95. The summed E-state index contributed by atoms with van der Waals surface area (Å²) in [6.45, 7) is -0.382. The second kappa shape index (κ2) is 5.36. The number of aliphatic hydroxyl groups excluding tert-OH is 3. The average molecular weight is 375 g/mol. The number of anilines is 1. The number of rotatable bonds is 4. The molecule has 0 radical (unpaired) electrons. The highest BCUT2D eigenvalue weighted by Gasteiger charge is 2.72. The predicted molar refractivity (Wildman–Crippen MR) is 90.4 cm³/mol. The van der Waals surface area contributed by atoms with E-state index in [0.29, 0.717) is 28.8 Å². The van der Waals surface area contributed by atoms with Gasteiger partial charge in [-0.2, -0.15) is 0 Å². The molecule has 8 atom stereocenters. The summed E-state index contributed by atoms with van der Waals surface area (Å²) in [6.07, 6.45) is 2.70. The van der Waals surface area contributed by atoms with Gasteiger partial charge in [-0.05, 0) is 25.2 Å². The van der Waals surface area contributed by atoms with E-state index in [1.165, 1.54) is 31.9 Å². The molecular weight excluding hydrogens is 354 g/mol. The largest absolute Gasteiger partial charge is 0.394 e. The Kier molecular flexibility index (Phi) is 3.20. The fourth-order valence-corrected chi connectivity index (χ4v) is 5.26. The first-order valence-corrected chi connectivity index (χ1v) is 9.38. The highest BCUT2D eigenvalue weighted by atomic mass is 16.6. The maximum Gasteiger partial charge on any atom is 0.170 e. The van der Waals surface area contributed by atoms with Crippen LogP contribution in [-0.2, 0) is 9.47 Å². The molecule has 2 saturated carbocycles. The molecule has 0 aromatic carbocycles. The molecule has 0 amide bonds. The van der Waals surface area contributed by atoms with Gasteiger partial charge in [-0.25, -0.2) is 15.0 Å². The third kappa shape index (κ3) is 2.04. The molecule has 2 aromatic rings. The monoisotopic (exact) mass is 375 g/mol. The molecule has 10 heteroatoms. The molecule has 10 nitrogen and oxygen atoms in total. The summed E-state index contributed by atoms with van der Waals surface area (Å²) in [7, 11) is 0. The van der Waals surface area contributed by atoms with E-state index in [2.05, 4.69) is 20.3 Å². The van der Waals surface area contributed by atoms with Crippen LogP contribution in [0.1, 0.15) is 25.5 Å². The fraction of sp³-hybridized carbons (Fsp3) is 0.706. The number of nitrogens with zero attached hydrogens (tertiary/aromatic N) is 4. The summed E-state index contributed by atoms with van der Waals surface area (Å²) < 4.78 is 13.2. The van der Waals surface area contributed by atoms with Crippen molar-refractivity contribution in [2.45, 2.75) is 55.6 Å². The third-order valence-corrected chi connectivity index (χ3v) is 6.66. The van der Waals surface area contributed by atoms with Crippen molar-refractivity contribution in [1.29, 1.82) is 0 Å². The molecule has 6 rings (SSSR count). The Hall–Kier alpha value is -1.85. The number of hydrogen-bond donors (Lipinski definition) is 4. The van der Waals surface area contributed by atoms with Crippen LogP contribution in [-0.4, -0.2) is 71.6 Å². The van der Waals surface area contributed by atoms with E-state index in [1.807, 2.05) is 0 Å². The maximum atomic E-state index is 10.3. The van der Waals surface area contributed by atoms with Gasteiger partial charge in [0.05, 0.1) is 12.9 Å². The number of hydrogen-bond acceptors (Lipinski definition) is 9. The van der Waals surface area contributed by atoms with Crippen LogP contribution in [0.5, 0.6) is 0 Å². The van der Waals surface area contributed by atoms with Gasteiger partial charge >= 0.3 is 0 Å². The molecule has 4 unspecified atom stereocenters. The third-order valence-electron chi connectivity index (χ3n) is 6.66. The molecule has 27 heavy (non-hydrogen) atoms. The first-order valence-electron chi connectivity index (χ1n) is 9.38. The van der Waals surface area contributed by atoms with Crippen molar-refractivity contribution in [2.75, 3.05) is 11.9 Å². The summed E-state index contributed by atoms with van der Waals surface area (Å²) >= 11 is 0. The van der Waals surface area contributed by atoms with Crippen LogP contribution in [0.2, 0.25) is 0 Å². The lowest BCUT2D eigenvalue weighted by Crippen LogP contribution is -2.33. The lowest BCUT2D eigenvalue weighted by Gasteiger charge is -2.21. The molecule has 2 saturated heterocycles. The second-order valence-corrected chi connectivity index (χ2v) is 8.00. The summed E-state index contributed by atoms with van der Waals surface area (Å²) in [5.41, 5.74) is 0.718. The van der Waals surface area contributed by atoms with Gasteiger partial charge in [-0.15, -0.1) is 0 Å². The van der Waals surface area contributed by atoms with Crippen LogP contribution in [0.4, 0.5) is 5.82 Å². The molecule has 4 fully saturated rings. The average Bonchev–Trinajstić information content (AvgIpc) is 3.06. The normalized spacial score (nSPS) is 44.8. The minimum atomic E-state index is -1.19. The van der Waals surface area contributed by atoms with E-state index in [-0.39, 0.29) is 18.4 Å². The van der Waals surface area contributed by atoms with Crippen molar-refractivity contribution in [1.82, 2.24) is 19.5 Å². The van der Waals surface area contributed by atoms with Gasteiger partial charge < -0.3 is 30.1 Å². The number of nitrogens with one attached hydrogen (secondary N) is 1. The molecule has 0 spiro atoms. The van der Waals surface area contributed by atoms with Crippen molar-refractivity contribution in [2.24, 2.45) is 11.8 Å². The number of aliphatic hydroxyl groups is 3. The molecule has 2 bridgehead atoms. The molecular formula is C17H21N5O5. The van der Waals surface area contributed by atoms with Gasteiger partial charge in [0, 0.05) is 5.92 Å². The summed E-state index contributed by atoms with van der Waals surface area (Å²) in [5.74, 6) is 1.73. The van der Waals surface area contributed by atoms with Crippen molar-refractivity contribution >= 4 is 17.0 Å². The number of ether oxygens (including phenoxy) is 2. The van der Waals surface area contributed by atoms with Gasteiger partial charge in [0.25, 0.3) is 0 Å². The lowest BCUT2D eigenvalue weighted by molar-refractivity contribution is -0.0511. The van der Waals surface area contributed by atoms with E-state index in [1.54, 1.807) is 4.57 Å². The van der Waals surface area contributed by atoms with E-state index in [4.69, 9.17) is 9.47 Å². The quantitative estimate of drug-likeness (QED) is 0.515. The molecule has 2 aliphatic carbocycles. The van der Waals surface area contributed by atoms with Gasteiger partial charge in [0.1, 0.15) is 30.7 Å². The maximum absolute atomic E-state index is 10.3. The molecule has 4 N–H and O–H groups in total. The number of epoxide rings is 1. The van der Waals surface area contributed by atoms with Crippen LogP contribution < -0.4 is 5.32 Å². The van der Waals surface area contributed by atoms with Gasteiger partial charge in [0.15, 0.2) is 28.9 Å². The van der Waals surface area contributed by atoms with E-state index in [9.17, 15) is 15.3 Å². The van der Waals surface area contributed by atoms with E-state index in [0.717, 1.165) is 0 Å². The number of imidazole rings is 1. The zero-order valence-corrected chi connectivity index (χ0v) is 14.5. The van der Waals surface area contributed by atoms with Crippen LogP contribution in [0, 0.1) is 11.8 Å². The minimum Gasteiger partial charge on any atom is -0.394 e. The Morgan fingerprint density at radius 1 is 1.22 bits per heavy atom. The van der Waals surface area contributed by atoms with Crippen LogP contribution in [0.3, 0.4) is 0 Å². The van der Waals surface area contributed by atoms with Gasteiger partial charge in [-0.3, -0.25) is 4.57 Å². The van der Waals surface area contributed by atoms with Gasteiger partial charge in [0.2, 0.25) is 0 Å². The minimum absolute atomic E-state index is 0.254. The Balaban J connectivity index is 1.34. The van der Waals surface area contributed by atoms with Crippen molar-refractivity contribution in [3.8, 4) is 0 Å². The number of fused-ring (bicyclic) bond motifs is 6. The van der Waals surface area contributed by atoms with Crippen LogP contribution >= 0.6 is 0 Å². The fourth-order valence-electron chi connectivity index (χ4n) is 5.26. The zero-order chi connectivity index (χ0) is 18.3. The van der Waals surface area contributed by atoms with E-state index < -0.39 is 24.5 Å². The van der Waals surface area contributed by atoms with Crippen molar-refractivity contribution in [3.05, 3.63) is 12.7 Å². The molecule has 144 valence electrons. The molecule has 2 aromatic heterocycles. The smallest absolute Gasteiger partial charge is 0.170 e. The summed E-state index contributed by atoms with van der Waals surface area (Å²) in [6, 6.07) is 0. The van der Waals surface area contributed by atoms with Crippen molar-refractivity contribution < 1.29 is 24.8 Å². The SMILES string of the molecule is OC[C@H]1O[C@@H](n2cnc3c(NC45OC4C4CCC5C4)ncnc32)[C@H](O)[C@@H]1O. The number of aromatic nitrogens is 4. The molecule has 4 heterocycles. The standard InChI is InChI=1S/C17H21N5O5/c23-4-9-11(24)12(25)16(26-9)22-6-20-10-14(18-5-19-15(10)22)21-17-8-2-1-7(3-8)13(17)27-17/h5-9,11-13,16,23-25H,1-4H2,(H,18,19,21)/t7?,8?,9-,11-,12-,13?,16-,17?/m1/s1. The Morgan fingerprint density at radius 2 is 2.11 bits per heavy atom. The summed E-state index contributed by atoms with van der Waals surface area (Å²) in [5, 5.41) is 33.1. The van der Waals surface area contributed by atoms with Gasteiger partial charge in [-0.1, -0.05) is 0 Å². The van der Waals surface area contributed by atoms with Crippen LogP contribution in [0.25, 0.3) is 11.2 Å². The second-order valence-electron chi connectivity index (χ2n) is 8.00. The van der Waals surface area contributed by atoms with Crippen molar-refractivity contribution in [3.63, 3.8) is 0 Å². The highest BCUT2D eigenvalue weighted by Crippen LogP contribution is 2.63. The Morgan fingerprint density at radius 3 is 2.85 bits per heavy atom. The first kappa shape index (κ1) is 16.1. The highest BCUT2D eigenvalue weighted by molar-refractivity contribution is 5.83.